The Kier molecular flexibility index (Phi) is 5.32. The van der Waals surface area contributed by atoms with Crippen LogP contribution in [0.4, 0.5) is 10.5 Å². The van der Waals surface area contributed by atoms with Crippen molar-refractivity contribution in [3.05, 3.63) is 41.5 Å². The number of benzene rings is 1. The molecule has 5 nitrogen and oxygen atoms in total. The monoisotopic (exact) mass is 276 g/mol. The number of carbonyl (C=O) groups excluding carboxylic acids is 1. The maximum Gasteiger partial charge on any atom is 0.336 e. The quantitative estimate of drug-likeness (QED) is 0.812. The predicted molar refractivity (Wildman–Crippen MR) is 79.3 cm³/mol. The Balaban J connectivity index is 3.01. The van der Waals surface area contributed by atoms with Crippen molar-refractivity contribution in [1.29, 1.82) is 0 Å². The minimum atomic E-state index is -1.000. The van der Waals surface area contributed by atoms with E-state index in [1.54, 1.807) is 24.0 Å². The maximum absolute atomic E-state index is 12.0. The van der Waals surface area contributed by atoms with Gasteiger partial charge in [-0.15, -0.1) is 6.58 Å². The van der Waals surface area contributed by atoms with Crippen molar-refractivity contribution in [1.82, 2.24) is 4.90 Å². The average molecular weight is 276 g/mol. The lowest BCUT2D eigenvalue weighted by molar-refractivity contribution is 0.0696. The highest BCUT2D eigenvalue weighted by atomic mass is 16.4. The molecule has 0 fully saturated rings. The molecule has 5 heteroatoms. The fourth-order valence-corrected chi connectivity index (χ4v) is 1.87. The number of aromatic carboxylic acids is 1. The predicted octanol–water partition coefficient (Wildman–Crippen LogP) is 3.04. The van der Waals surface area contributed by atoms with Gasteiger partial charge >= 0.3 is 12.0 Å². The van der Waals surface area contributed by atoms with Crippen molar-refractivity contribution < 1.29 is 14.7 Å². The highest BCUT2D eigenvalue weighted by molar-refractivity contribution is 5.94. The van der Waals surface area contributed by atoms with Crippen LogP contribution in [-0.2, 0) is 0 Å². The summed E-state index contributed by atoms with van der Waals surface area (Å²) in [6.45, 7) is 10.0. The fraction of sp³-hybridized carbons (Fsp3) is 0.333. The molecule has 1 aromatic carbocycles. The van der Waals surface area contributed by atoms with Gasteiger partial charge in [-0.25, -0.2) is 9.59 Å². The Morgan fingerprint density at radius 2 is 2.05 bits per heavy atom. The minimum absolute atomic E-state index is 0.201. The standard InChI is InChI=1S/C15H20N2O3/c1-5-7-17(6-2)15(20)16-12-8-10(3)11(4)13(9-12)14(18)19/h5,8-9H,1,6-7H2,2-4H3,(H,16,20)(H,18,19). The first-order chi connectivity index (χ1) is 9.40. The molecule has 108 valence electrons. The first-order valence-electron chi connectivity index (χ1n) is 6.42. The summed E-state index contributed by atoms with van der Waals surface area (Å²) in [5.41, 5.74) is 2.21. The lowest BCUT2D eigenvalue weighted by Crippen LogP contribution is -2.34. The van der Waals surface area contributed by atoms with Crippen molar-refractivity contribution in [3.8, 4) is 0 Å². The molecule has 0 saturated heterocycles. The second-order valence-corrected chi connectivity index (χ2v) is 4.53. The van der Waals surface area contributed by atoms with Crippen molar-refractivity contribution in [3.63, 3.8) is 0 Å². The van der Waals surface area contributed by atoms with Crippen molar-refractivity contribution in [2.24, 2.45) is 0 Å². The second-order valence-electron chi connectivity index (χ2n) is 4.53. The Labute approximate surface area is 118 Å². The Bertz CT molecular complexity index is 538. The number of carbonyl (C=O) groups is 2. The van der Waals surface area contributed by atoms with E-state index in [2.05, 4.69) is 11.9 Å². The summed E-state index contributed by atoms with van der Waals surface area (Å²) >= 11 is 0. The van der Waals surface area contributed by atoms with E-state index in [9.17, 15) is 9.59 Å². The third kappa shape index (κ3) is 3.60. The van der Waals surface area contributed by atoms with Gasteiger partial charge in [0.2, 0.25) is 0 Å². The topological polar surface area (TPSA) is 69.6 Å². The lowest BCUT2D eigenvalue weighted by atomic mass is 10.0. The number of anilines is 1. The molecule has 1 aromatic rings. The molecule has 0 radical (unpaired) electrons. The molecule has 0 aliphatic carbocycles. The molecule has 0 aliphatic heterocycles. The van der Waals surface area contributed by atoms with Gasteiger partial charge in [0.25, 0.3) is 0 Å². The maximum atomic E-state index is 12.0. The van der Waals surface area contributed by atoms with Gasteiger partial charge in [0.1, 0.15) is 0 Å². The summed E-state index contributed by atoms with van der Waals surface area (Å²) in [7, 11) is 0. The summed E-state index contributed by atoms with van der Waals surface area (Å²) in [5.74, 6) is -1.000. The van der Waals surface area contributed by atoms with Crippen LogP contribution in [0.25, 0.3) is 0 Å². The molecule has 0 atom stereocenters. The average Bonchev–Trinajstić information content (AvgIpc) is 2.39. The summed E-state index contributed by atoms with van der Waals surface area (Å²) in [5, 5.41) is 11.9. The van der Waals surface area contributed by atoms with Crippen LogP contribution >= 0.6 is 0 Å². The summed E-state index contributed by atoms with van der Waals surface area (Å²) < 4.78 is 0. The van der Waals surface area contributed by atoms with Gasteiger partial charge in [-0.2, -0.15) is 0 Å². The van der Waals surface area contributed by atoms with Crippen molar-refractivity contribution in [2.45, 2.75) is 20.8 Å². The molecule has 0 heterocycles. The van der Waals surface area contributed by atoms with E-state index in [4.69, 9.17) is 5.11 Å². The Morgan fingerprint density at radius 1 is 1.40 bits per heavy atom. The summed E-state index contributed by atoms with van der Waals surface area (Å²) in [6, 6.07) is 2.97. The molecule has 0 unspecified atom stereocenters. The number of aryl methyl sites for hydroxylation is 1. The first-order valence-corrected chi connectivity index (χ1v) is 6.42. The van der Waals surface area contributed by atoms with Crippen LogP contribution in [0.2, 0.25) is 0 Å². The van der Waals surface area contributed by atoms with E-state index in [1.165, 1.54) is 6.07 Å². The molecule has 0 saturated carbocycles. The molecule has 20 heavy (non-hydrogen) atoms. The zero-order chi connectivity index (χ0) is 15.3. The second kappa shape index (κ2) is 6.75. The zero-order valence-corrected chi connectivity index (χ0v) is 12.1. The van der Waals surface area contributed by atoms with Gasteiger partial charge in [0, 0.05) is 18.8 Å². The first kappa shape index (κ1) is 15.8. The SMILES string of the molecule is C=CCN(CC)C(=O)Nc1cc(C)c(C)c(C(=O)O)c1. The van der Waals surface area contributed by atoms with Crippen LogP contribution in [-0.4, -0.2) is 35.1 Å². The van der Waals surface area contributed by atoms with E-state index in [-0.39, 0.29) is 11.6 Å². The normalized spacial score (nSPS) is 9.95. The number of urea groups is 1. The van der Waals surface area contributed by atoms with Crippen LogP contribution < -0.4 is 5.32 Å². The number of rotatable bonds is 5. The van der Waals surface area contributed by atoms with Crippen molar-refractivity contribution >= 4 is 17.7 Å². The highest BCUT2D eigenvalue weighted by Crippen LogP contribution is 2.20. The van der Waals surface area contributed by atoms with Crippen LogP contribution in [0.1, 0.15) is 28.4 Å². The van der Waals surface area contributed by atoms with Gasteiger partial charge in [-0.1, -0.05) is 6.08 Å². The molecule has 2 amide bonds. The number of nitrogens with zero attached hydrogens (tertiary/aromatic N) is 1. The Hall–Kier alpha value is -2.30. The fourth-order valence-electron chi connectivity index (χ4n) is 1.87. The molecule has 1 rings (SSSR count). The van der Waals surface area contributed by atoms with Crippen LogP contribution in [0, 0.1) is 13.8 Å². The molecule has 0 bridgehead atoms. The van der Waals surface area contributed by atoms with E-state index in [1.807, 2.05) is 13.8 Å². The molecule has 0 aliphatic rings. The van der Waals surface area contributed by atoms with Crippen LogP contribution in [0.3, 0.4) is 0 Å². The molecule has 0 aromatic heterocycles. The van der Waals surface area contributed by atoms with E-state index in [0.29, 0.717) is 24.3 Å². The number of carboxylic acids is 1. The molecule has 0 spiro atoms. The summed E-state index contributed by atoms with van der Waals surface area (Å²) in [6.07, 6.45) is 1.64. The minimum Gasteiger partial charge on any atom is -0.478 e. The summed E-state index contributed by atoms with van der Waals surface area (Å²) in [4.78, 5) is 24.8. The van der Waals surface area contributed by atoms with Gasteiger partial charge in [-0.05, 0) is 44.0 Å². The van der Waals surface area contributed by atoms with E-state index in [0.717, 1.165) is 5.56 Å². The number of nitrogens with one attached hydrogen (secondary N) is 1. The van der Waals surface area contributed by atoms with E-state index < -0.39 is 5.97 Å². The van der Waals surface area contributed by atoms with Gasteiger partial charge in [0.05, 0.1) is 5.56 Å². The van der Waals surface area contributed by atoms with Crippen LogP contribution in [0.15, 0.2) is 24.8 Å². The van der Waals surface area contributed by atoms with Crippen LogP contribution in [0.5, 0.6) is 0 Å². The number of amides is 2. The third-order valence-corrected chi connectivity index (χ3v) is 3.17. The Morgan fingerprint density at radius 3 is 2.55 bits per heavy atom. The molecular weight excluding hydrogens is 256 g/mol. The van der Waals surface area contributed by atoms with Crippen molar-refractivity contribution in [2.75, 3.05) is 18.4 Å². The largest absolute Gasteiger partial charge is 0.478 e. The van der Waals surface area contributed by atoms with Gasteiger partial charge in [0.15, 0.2) is 0 Å². The molecule has 2 N–H and O–H groups in total. The highest BCUT2D eigenvalue weighted by Gasteiger charge is 2.14. The number of carboxylic acid groups (broad SMARTS) is 1. The zero-order valence-electron chi connectivity index (χ0n) is 12.1. The number of hydrogen-bond acceptors (Lipinski definition) is 2. The smallest absolute Gasteiger partial charge is 0.336 e. The molecular formula is C15H20N2O3. The lowest BCUT2D eigenvalue weighted by Gasteiger charge is -2.20. The third-order valence-electron chi connectivity index (χ3n) is 3.17. The number of likely N-dealkylation sites (N-methyl/N-ethyl adjacent to an activating group) is 1. The number of hydrogen-bond donors (Lipinski definition) is 2. The van der Waals surface area contributed by atoms with Gasteiger partial charge < -0.3 is 15.3 Å². The van der Waals surface area contributed by atoms with E-state index >= 15 is 0 Å². The van der Waals surface area contributed by atoms with Gasteiger partial charge in [-0.3, -0.25) is 0 Å².